The number of ether oxygens (including phenoxy) is 4. The van der Waals surface area contributed by atoms with Gasteiger partial charge >= 0.3 is 39.5 Å². The molecule has 3 N–H and O–H groups in total. The Hall–Kier alpha value is -1.94. The summed E-state index contributed by atoms with van der Waals surface area (Å²) in [6.07, 6.45) is 55.6. The molecule has 0 aromatic heterocycles. The van der Waals surface area contributed by atoms with Gasteiger partial charge in [0.1, 0.15) is 19.3 Å². The molecule has 17 nitrogen and oxygen atoms in total. The largest absolute Gasteiger partial charge is 0.472 e. The highest BCUT2D eigenvalue weighted by Crippen LogP contribution is 2.45. The van der Waals surface area contributed by atoms with Crippen LogP contribution in [-0.2, 0) is 65.4 Å². The number of rotatable bonds is 77. The molecule has 588 valence electrons. The maximum Gasteiger partial charge on any atom is 0.472 e. The minimum absolute atomic E-state index is 0.106. The SMILES string of the molecule is CCC(C)CCCCCCCCCCCCCCCCC(=O)OC[C@H](COP(=O)(O)OCC(O)COP(=O)(O)OC[C@@H](COC(=O)CCCCCCCCC(C)C)OC(=O)CCCCCCCCCCCCCCCCCCC(C)C)OC(=O)CCCCCCCCCCCCC(C)C. The summed E-state index contributed by atoms with van der Waals surface area (Å²) in [5.41, 5.74) is 0. The number of phosphoric ester groups is 2. The van der Waals surface area contributed by atoms with E-state index < -0.39 is 97.5 Å². The molecule has 0 aliphatic carbocycles. The normalized spacial score (nSPS) is 14.3. The highest BCUT2D eigenvalue weighted by molar-refractivity contribution is 7.47. The summed E-state index contributed by atoms with van der Waals surface area (Å²) in [4.78, 5) is 72.9. The Labute approximate surface area is 607 Å². The molecular formula is C80H156O17P2. The minimum atomic E-state index is -4.96. The van der Waals surface area contributed by atoms with Crippen LogP contribution in [0.2, 0.25) is 0 Å². The molecule has 0 aromatic rings. The van der Waals surface area contributed by atoms with E-state index in [0.717, 1.165) is 114 Å². The van der Waals surface area contributed by atoms with Crippen LogP contribution in [0, 0.1) is 23.7 Å². The van der Waals surface area contributed by atoms with Crippen molar-refractivity contribution in [1.82, 2.24) is 0 Å². The van der Waals surface area contributed by atoms with Crippen LogP contribution < -0.4 is 0 Å². The van der Waals surface area contributed by atoms with E-state index in [4.69, 9.17) is 37.0 Å². The quantitative estimate of drug-likeness (QED) is 0.0222. The van der Waals surface area contributed by atoms with Gasteiger partial charge in [-0.3, -0.25) is 37.3 Å². The number of aliphatic hydroxyl groups is 1. The Morgan fingerprint density at radius 2 is 0.485 bits per heavy atom. The number of hydrogen-bond donors (Lipinski definition) is 3. The van der Waals surface area contributed by atoms with Crippen LogP contribution in [0.5, 0.6) is 0 Å². The molecule has 0 aliphatic rings. The fourth-order valence-corrected chi connectivity index (χ4v) is 13.8. The Kier molecular flexibility index (Phi) is 67.8. The van der Waals surface area contributed by atoms with Crippen LogP contribution in [0.4, 0.5) is 0 Å². The standard InChI is InChI=1S/C80H156O17P2/c1-9-73(8)59-51-43-34-28-21-17-14-15-18-22-29-35-44-52-60-77(82)90-66-75(96-80(85)63-55-47-37-31-25-24-27-33-41-49-57-71(4)5)68-94-98(86,87)92-64-74(81)65-93-99(88,89)95-69-76(67-91-78(83)61-53-45-39-38-42-50-58-72(6)7)97-79(84)62-54-46-36-30-23-19-13-11-10-12-16-20-26-32-40-48-56-70(2)3/h70-76,81H,9-69H2,1-8H3,(H,86,87)(H,88,89)/t73?,74?,75-,76-/m1/s1. The van der Waals surface area contributed by atoms with E-state index in [1.165, 1.54) is 205 Å². The second-order valence-electron chi connectivity index (χ2n) is 30.5. The summed E-state index contributed by atoms with van der Waals surface area (Å²) in [5, 5.41) is 10.6. The molecule has 0 aromatic carbocycles. The van der Waals surface area contributed by atoms with Crippen LogP contribution in [0.1, 0.15) is 409 Å². The molecule has 0 saturated carbocycles. The smallest absolute Gasteiger partial charge is 0.462 e. The first kappa shape index (κ1) is 97.1. The number of esters is 4. The summed E-state index contributed by atoms with van der Waals surface area (Å²) < 4.78 is 68.6. The van der Waals surface area contributed by atoms with Crippen molar-refractivity contribution in [2.75, 3.05) is 39.6 Å². The van der Waals surface area contributed by atoms with E-state index in [-0.39, 0.29) is 25.7 Å². The van der Waals surface area contributed by atoms with E-state index >= 15 is 0 Å². The molecular weight excluding hydrogens is 1290 g/mol. The topological polar surface area (TPSA) is 237 Å². The second-order valence-corrected chi connectivity index (χ2v) is 33.4. The Bertz CT molecular complexity index is 1940. The van der Waals surface area contributed by atoms with Gasteiger partial charge in [-0.2, -0.15) is 0 Å². The lowest BCUT2D eigenvalue weighted by molar-refractivity contribution is -0.161. The third-order valence-electron chi connectivity index (χ3n) is 18.9. The van der Waals surface area contributed by atoms with Gasteiger partial charge in [-0.15, -0.1) is 0 Å². The number of carbonyl (C=O) groups excluding carboxylic acids is 4. The van der Waals surface area contributed by atoms with Crippen molar-refractivity contribution in [3.63, 3.8) is 0 Å². The van der Waals surface area contributed by atoms with Crippen LogP contribution in [0.3, 0.4) is 0 Å². The maximum absolute atomic E-state index is 13.1. The molecule has 0 aliphatic heterocycles. The Morgan fingerprint density at radius 1 is 0.283 bits per heavy atom. The average Bonchev–Trinajstić information content (AvgIpc) is 1.03. The van der Waals surface area contributed by atoms with Gasteiger partial charge in [0.05, 0.1) is 26.4 Å². The number of hydrogen-bond acceptors (Lipinski definition) is 15. The van der Waals surface area contributed by atoms with Gasteiger partial charge < -0.3 is 33.8 Å². The molecule has 0 amide bonds. The van der Waals surface area contributed by atoms with E-state index in [0.29, 0.717) is 31.6 Å². The van der Waals surface area contributed by atoms with Crippen LogP contribution in [-0.4, -0.2) is 96.7 Å². The van der Waals surface area contributed by atoms with Crippen LogP contribution in [0.15, 0.2) is 0 Å². The zero-order valence-electron chi connectivity index (χ0n) is 65.1. The zero-order valence-corrected chi connectivity index (χ0v) is 66.9. The summed E-state index contributed by atoms with van der Waals surface area (Å²) in [5.74, 6) is 0.973. The molecule has 4 unspecified atom stereocenters. The lowest BCUT2D eigenvalue weighted by Crippen LogP contribution is -2.30. The average molecular weight is 1450 g/mol. The third kappa shape index (κ3) is 72.8. The van der Waals surface area contributed by atoms with Crippen LogP contribution >= 0.6 is 15.6 Å². The molecule has 0 bridgehead atoms. The highest BCUT2D eigenvalue weighted by Gasteiger charge is 2.30. The van der Waals surface area contributed by atoms with Crippen molar-refractivity contribution >= 4 is 39.5 Å². The lowest BCUT2D eigenvalue weighted by atomic mass is 9.99. The van der Waals surface area contributed by atoms with Gasteiger partial charge in [0, 0.05) is 25.7 Å². The number of carbonyl (C=O) groups is 4. The fraction of sp³-hybridized carbons (Fsp3) is 0.950. The summed E-state index contributed by atoms with van der Waals surface area (Å²) in [7, 11) is -9.92. The predicted octanol–water partition coefficient (Wildman–Crippen LogP) is 23.6. The molecule has 0 heterocycles. The Balaban J connectivity index is 5.19. The van der Waals surface area contributed by atoms with Crippen molar-refractivity contribution in [3.05, 3.63) is 0 Å². The summed E-state index contributed by atoms with van der Waals surface area (Å²) in [6.45, 7) is 14.2. The second kappa shape index (κ2) is 69.1. The van der Waals surface area contributed by atoms with Crippen molar-refractivity contribution in [2.24, 2.45) is 23.7 Å². The zero-order chi connectivity index (χ0) is 73.1. The molecule has 0 spiro atoms. The highest BCUT2D eigenvalue weighted by atomic mass is 31.2. The Morgan fingerprint density at radius 3 is 0.717 bits per heavy atom. The van der Waals surface area contributed by atoms with Crippen molar-refractivity contribution in [1.29, 1.82) is 0 Å². The minimum Gasteiger partial charge on any atom is -0.462 e. The molecule has 0 radical (unpaired) electrons. The van der Waals surface area contributed by atoms with E-state index in [9.17, 15) is 43.2 Å². The third-order valence-corrected chi connectivity index (χ3v) is 20.8. The molecule has 0 saturated heterocycles. The van der Waals surface area contributed by atoms with E-state index in [1.807, 2.05) is 0 Å². The van der Waals surface area contributed by atoms with E-state index in [2.05, 4.69) is 55.4 Å². The van der Waals surface area contributed by atoms with Crippen LogP contribution in [0.25, 0.3) is 0 Å². The number of phosphoric acid groups is 2. The van der Waals surface area contributed by atoms with Gasteiger partial charge in [-0.05, 0) is 49.4 Å². The first-order chi connectivity index (χ1) is 47.6. The molecule has 0 rings (SSSR count). The predicted molar refractivity (Wildman–Crippen MR) is 404 cm³/mol. The van der Waals surface area contributed by atoms with Crippen molar-refractivity contribution in [2.45, 2.75) is 427 Å². The summed E-state index contributed by atoms with van der Waals surface area (Å²) >= 11 is 0. The van der Waals surface area contributed by atoms with Crippen molar-refractivity contribution < 1.29 is 80.2 Å². The molecule has 6 atom stereocenters. The summed E-state index contributed by atoms with van der Waals surface area (Å²) in [6, 6.07) is 0. The molecule has 0 fully saturated rings. The first-order valence-corrected chi connectivity index (χ1v) is 44.2. The molecule has 19 heteroatoms. The number of aliphatic hydroxyl groups excluding tert-OH is 1. The van der Waals surface area contributed by atoms with E-state index in [1.54, 1.807) is 0 Å². The fourth-order valence-electron chi connectivity index (χ4n) is 12.2. The monoisotopic (exact) mass is 1450 g/mol. The maximum atomic E-state index is 13.1. The van der Waals surface area contributed by atoms with Gasteiger partial charge in [-0.25, -0.2) is 9.13 Å². The lowest BCUT2D eigenvalue weighted by Gasteiger charge is -2.21. The van der Waals surface area contributed by atoms with Gasteiger partial charge in [-0.1, -0.05) is 357 Å². The first-order valence-electron chi connectivity index (χ1n) is 41.2. The van der Waals surface area contributed by atoms with Gasteiger partial charge in [0.2, 0.25) is 0 Å². The van der Waals surface area contributed by atoms with Gasteiger partial charge in [0.25, 0.3) is 0 Å². The molecule has 99 heavy (non-hydrogen) atoms. The van der Waals surface area contributed by atoms with Crippen molar-refractivity contribution in [3.8, 4) is 0 Å². The van der Waals surface area contributed by atoms with Gasteiger partial charge in [0.15, 0.2) is 12.2 Å². The number of unbranched alkanes of at least 4 members (excludes halogenated alkanes) is 42.